The highest BCUT2D eigenvalue weighted by Gasteiger charge is 1.94. The summed E-state index contributed by atoms with van der Waals surface area (Å²) in [6, 6.07) is 0. The molecule has 1 rings (SSSR count). The molecule has 1 aromatic rings. The van der Waals surface area contributed by atoms with Crippen molar-refractivity contribution in [1.29, 1.82) is 0 Å². The highest BCUT2D eigenvalue weighted by molar-refractivity contribution is 7.98. The summed E-state index contributed by atoms with van der Waals surface area (Å²) < 4.78 is 1.57. The van der Waals surface area contributed by atoms with Crippen molar-refractivity contribution in [3.63, 3.8) is 0 Å². The van der Waals surface area contributed by atoms with Crippen LogP contribution in [0.2, 0.25) is 5.02 Å². The van der Waals surface area contributed by atoms with Crippen LogP contribution in [0, 0.1) is 0 Å². The van der Waals surface area contributed by atoms with E-state index in [1.807, 2.05) is 0 Å². The molecule has 0 fully saturated rings. The first-order valence-corrected chi connectivity index (χ1v) is 4.67. The zero-order valence-electron chi connectivity index (χ0n) is 6.07. The van der Waals surface area contributed by atoms with Gasteiger partial charge in [0.1, 0.15) is 0 Å². The highest BCUT2D eigenvalue weighted by Crippen LogP contribution is 2.08. The van der Waals surface area contributed by atoms with Crippen LogP contribution in [0.5, 0.6) is 0 Å². The van der Waals surface area contributed by atoms with Crippen LogP contribution in [0.15, 0.2) is 12.4 Å². The maximum atomic E-state index is 10.0. The first kappa shape index (κ1) is 9.41. The van der Waals surface area contributed by atoms with Gasteiger partial charge in [-0.05, 0) is 0 Å². The molecular formula is C6H6ClN2O2S-. The van der Waals surface area contributed by atoms with Crippen LogP contribution in [0.3, 0.4) is 0 Å². The first-order chi connectivity index (χ1) is 5.68. The molecule has 0 saturated heterocycles. The Morgan fingerprint density at radius 1 is 1.83 bits per heavy atom. The number of rotatable bonds is 4. The first-order valence-electron chi connectivity index (χ1n) is 3.14. The second kappa shape index (κ2) is 4.37. The summed E-state index contributed by atoms with van der Waals surface area (Å²) >= 11 is 6.79. The highest BCUT2D eigenvalue weighted by atomic mass is 35.5. The van der Waals surface area contributed by atoms with E-state index in [1.165, 1.54) is 18.0 Å². The van der Waals surface area contributed by atoms with Gasteiger partial charge in [-0.2, -0.15) is 5.10 Å². The van der Waals surface area contributed by atoms with Crippen LogP contribution in [-0.4, -0.2) is 21.5 Å². The molecule has 0 aromatic carbocycles. The Hall–Kier alpha value is -0.680. The number of nitrogens with zero attached hydrogens (tertiary/aromatic N) is 2. The number of carbonyl (C=O) groups excluding carboxylic acids is 1. The maximum Gasteiger partial charge on any atom is 0.0867 e. The molecule has 0 aliphatic rings. The van der Waals surface area contributed by atoms with Gasteiger partial charge in [0.2, 0.25) is 0 Å². The van der Waals surface area contributed by atoms with Crippen LogP contribution in [0.25, 0.3) is 0 Å². The lowest BCUT2D eigenvalue weighted by atomic mass is 10.7. The van der Waals surface area contributed by atoms with Crippen LogP contribution in [0.1, 0.15) is 0 Å². The van der Waals surface area contributed by atoms with E-state index in [4.69, 9.17) is 11.6 Å². The summed E-state index contributed by atoms with van der Waals surface area (Å²) in [5.74, 6) is -0.628. The number of aromatic nitrogens is 2. The number of carboxylic acids is 1. The van der Waals surface area contributed by atoms with E-state index in [0.717, 1.165) is 0 Å². The zero-order valence-corrected chi connectivity index (χ0v) is 7.64. The van der Waals surface area contributed by atoms with E-state index in [9.17, 15) is 9.90 Å². The molecule has 6 heteroatoms. The normalized spacial score (nSPS) is 10.1. The van der Waals surface area contributed by atoms with Gasteiger partial charge in [-0.15, -0.1) is 11.8 Å². The number of hydrogen-bond acceptors (Lipinski definition) is 4. The van der Waals surface area contributed by atoms with E-state index < -0.39 is 5.97 Å². The minimum absolute atomic E-state index is 0.0303. The zero-order chi connectivity index (χ0) is 8.97. The number of thioether (sulfide) groups is 1. The third-order valence-electron chi connectivity index (χ3n) is 1.05. The molecule has 1 heterocycles. The predicted octanol–water partition coefficient (Wildman–Crippen LogP) is -0.0229. The molecule has 0 N–H and O–H groups in total. The third kappa shape index (κ3) is 3.15. The van der Waals surface area contributed by atoms with E-state index in [1.54, 1.807) is 10.9 Å². The van der Waals surface area contributed by atoms with E-state index >= 15 is 0 Å². The molecule has 66 valence electrons. The second-order valence-corrected chi connectivity index (χ2v) is 3.44. The average molecular weight is 206 g/mol. The number of halogens is 1. The average Bonchev–Trinajstić information content (AvgIpc) is 2.35. The van der Waals surface area contributed by atoms with Gasteiger partial charge in [-0.3, -0.25) is 4.68 Å². The van der Waals surface area contributed by atoms with E-state index in [0.29, 0.717) is 10.9 Å². The van der Waals surface area contributed by atoms with Gasteiger partial charge in [0.25, 0.3) is 0 Å². The molecule has 0 aliphatic carbocycles. The lowest BCUT2D eigenvalue weighted by molar-refractivity contribution is -0.301. The SMILES string of the molecule is O=C([O-])CSCn1cc(Cl)cn1. The Morgan fingerprint density at radius 2 is 2.58 bits per heavy atom. The standard InChI is InChI=1S/C6H7ClN2O2S/c7-5-1-8-9(2-5)4-12-3-6(10)11/h1-2H,3-4H2,(H,10,11)/p-1. The van der Waals surface area contributed by atoms with Crippen LogP contribution in [-0.2, 0) is 10.7 Å². The Kier molecular flexibility index (Phi) is 3.43. The second-order valence-electron chi connectivity index (χ2n) is 2.05. The number of carboxylic acid groups (broad SMARTS) is 1. The monoisotopic (exact) mass is 205 g/mol. The van der Waals surface area contributed by atoms with Crippen LogP contribution >= 0.6 is 23.4 Å². The lowest BCUT2D eigenvalue weighted by Crippen LogP contribution is -2.24. The molecule has 4 nitrogen and oxygen atoms in total. The summed E-state index contributed by atoms with van der Waals surface area (Å²) in [6.45, 7) is 0. The number of hydrogen-bond donors (Lipinski definition) is 0. The lowest BCUT2D eigenvalue weighted by Gasteiger charge is -2.01. The molecule has 0 amide bonds. The van der Waals surface area contributed by atoms with Crippen molar-refractivity contribution in [3.05, 3.63) is 17.4 Å². The molecule has 0 spiro atoms. The molecule has 0 saturated carbocycles. The summed E-state index contributed by atoms with van der Waals surface area (Å²) in [7, 11) is 0. The Balaban J connectivity index is 2.29. The molecule has 0 aliphatic heterocycles. The van der Waals surface area contributed by atoms with Crippen LogP contribution in [0.4, 0.5) is 0 Å². The fourth-order valence-electron chi connectivity index (χ4n) is 0.631. The van der Waals surface area contributed by atoms with Crippen molar-refractivity contribution >= 4 is 29.3 Å². The fraction of sp³-hybridized carbons (Fsp3) is 0.333. The van der Waals surface area contributed by atoms with Crippen molar-refractivity contribution in [2.75, 3.05) is 5.75 Å². The third-order valence-corrected chi connectivity index (χ3v) is 2.13. The van der Waals surface area contributed by atoms with Gasteiger partial charge in [0, 0.05) is 11.9 Å². The fourth-order valence-corrected chi connectivity index (χ4v) is 1.37. The van der Waals surface area contributed by atoms with Crippen molar-refractivity contribution in [3.8, 4) is 0 Å². The molecule has 12 heavy (non-hydrogen) atoms. The molecule has 1 aromatic heterocycles. The Labute approximate surface area is 78.5 Å². The minimum atomic E-state index is -1.07. The van der Waals surface area contributed by atoms with Crippen molar-refractivity contribution in [2.24, 2.45) is 0 Å². The van der Waals surface area contributed by atoms with E-state index in [2.05, 4.69) is 5.10 Å². The predicted molar refractivity (Wildman–Crippen MR) is 44.7 cm³/mol. The van der Waals surface area contributed by atoms with Crippen molar-refractivity contribution in [2.45, 2.75) is 5.88 Å². The summed E-state index contributed by atoms with van der Waals surface area (Å²) in [4.78, 5) is 10.0. The van der Waals surface area contributed by atoms with Gasteiger partial charge in [0.05, 0.1) is 23.1 Å². The quantitative estimate of drug-likeness (QED) is 0.693. The molecule has 0 atom stereocenters. The Morgan fingerprint density at radius 3 is 3.08 bits per heavy atom. The molecular weight excluding hydrogens is 200 g/mol. The van der Waals surface area contributed by atoms with Gasteiger partial charge < -0.3 is 9.90 Å². The molecule has 0 bridgehead atoms. The molecule has 0 radical (unpaired) electrons. The largest absolute Gasteiger partial charge is 0.549 e. The van der Waals surface area contributed by atoms with Gasteiger partial charge in [0.15, 0.2) is 0 Å². The topological polar surface area (TPSA) is 57.9 Å². The number of aliphatic carboxylic acids is 1. The Bertz CT molecular complexity index is 276. The number of carbonyl (C=O) groups is 1. The maximum absolute atomic E-state index is 10.0. The smallest absolute Gasteiger partial charge is 0.0867 e. The van der Waals surface area contributed by atoms with Gasteiger partial charge in [-0.1, -0.05) is 11.6 Å². The summed E-state index contributed by atoms with van der Waals surface area (Å²) in [5, 5.41) is 14.4. The van der Waals surface area contributed by atoms with Crippen LogP contribution < -0.4 is 5.11 Å². The summed E-state index contributed by atoms with van der Waals surface area (Å²) in [5.41, 5.74) is 0. The van der Waals surface area contributed by atoms with Crippen molar-refractivity contribution in [1.82, 2.24) is 9.78 Å². The van der Waals surface area contributed by atoms with Gasteiger partial charge in [-0.25, -0.2) is 0 Å². The van der Waals surface area contributed by atoms with Crippen molar-refractivity contribution < 1.29 is 9.90 Å². The van der Waals surface area contributed by atoms with E-state index in [-0.39, 0.29) is 5.75 Å². The minimum Gasteiger partial charge on any atom is -0.549 e. The summed E-state index contributed by atoms with van der Waals surface area (Å²) in [6.07, 6.45) is 3.13. The molecule has 0 unspecified atom stereocenters. The van der Waals surface area contributed by atoms with Gasteiger partial charge >= 0.3 is 0 Å².